The highest BCUT2D eigenvalue weighted by Gasteiger charge is 2.30. The van der Waals surface area contributed by atoms with E-state index < -0.39 is 97.5 Å². The van der Waals surface area contributed by atoms with Crippen molar-refractivity contribution in [2.75, 3.05) is 39.6 Å². The van der Waals surface area contributed by atoms with E-state index >= 15 is 0 Å². The average molecular weight is 1490 g/mol. The Morgan fingerprint density at radius 2 is 0.500 bits per heavy atom. The van der Waals surface area contributed by atoms with Gasteiger partial charge in [-0.15, -0.1) is 0 Å². The molecule has 0 aromatic heterocycles. The molecule has 606 valence electrons. The number of esters is 4. The number of carbonyl (C=O) groups is 4. The van der Waals surface area contributed by atoms with Crippen molar-refractivity contribution < 1.29 is 80.2 Å². The number of hydrogen-bond donors (Lipinski definition) is 3. The lowest BCUT2D eigenvalue weighted by molar-refractivity contribution is -0.161. The third-order valence-corrected chi connectivity index (χ3v) is 21.6. The van der Waals surface area contributed by atoms with E-state index in [2.05, 4.69) is 48.5 Å². The molecule has 3 N–H and O–H groups in total. The molecule has 6 atom stereocenters. The van der Waals surface area contributed by atoms with Gasteiger partial charge in [0.25, 0.3) is 0 Å². The number of hydrogen-bond acceptors (Lipinski definition) is 15. The van der Waals surface area contributed by atoms with Gasteiger partial charge in [0.05, 0.1) is 26.4 Å². The van der Waals surface area contributed by atoms with Crippen LogP contribution < -0.4 is 0 Å². The van der Waals surface area contributed by atoms with Crippen LogP contribution in [0.4, 0.5) is 0 Å². The smallest absolute Gasteiger partial charge is 0.462 e. The first-order valence-corrected chi connectivity index (χ1v) is 45.9. The van der Waals surface area contributed by atoms with Crippen LogP contribution >= 0.6 is 15.6 Å². The first-order valence-electron chi connectivity index (χ1n) is 42.9. The molecule has 0 heterocycles. The van der Waals surface area contributed by atoms with Crippen LogP contribution in [0, 0.1) is 17.8 Å². The number of phosphoric acid groups is 2. The first kappa shape index (κ1) is 100. The molecule has 0 aliphatic heterocycles. The molecule has 0 radical (unpaired) electrons. The predicted molar refractivity (Wildman–Crippen MR) is 418 cm³/mol. The van der Waals surface area contributed by atoms with E-state index in [9.17, 15) is 43.2 Å². The quantitative estimate of drug-likeness (QED) is 0.0222. The summed E-state index contributed by atoms with van der Waals surface area (Å²) in [5.74, 6) is 0.195. The standard InChI is InChI=1S/C83H162O17P2/c1-8-10-11-12-13-14-15-16-17-18-19-20-24-27-32-37-42-50-57-64-80(85)93-70-78(99-82(87)66-59-52-43-38-33-28-25-22-21-23-26-30-35-40-47-54-61-74(3)4)72-97-101(89,90)95-68-77(84)69-96-102(91,92)98-73-79(71-94-81(86)65-58-51-46-45-49-56-63-76(7)9-2)100-83(88)67-60-53-44-39-34-29-31-36-41-48-55-62-75(5)6/h74-79,84H,8-73H2,1-7H3,(H,89,90)(H,91,92)/t76?,77-,78-,79-/m1/s1. The minimum atomic E-state index is -4.96. The van der Waals surface area contributed by atoms with Crippen molar-refractivity contribution in [3.8, 4) is 0 Å². The number of phosphoric ester groups is 2. The number of aliphatic hydroxyl groups excluding tert-OH is 1. The molecule has 0 saturated heterocycles. The van der Waals surface area contributed by atoms with Gasteiger partial charge in [0.2, 0.25) is 0 Å². The molecular formula is C83H162O17P2. The summed E-state index contributed by atoms with van der Waals surface area (Å²) in [4.78, 5) is 73.1. The van der Waals surface area contributed by atoms with Gasteiger partial charge in [-0.05, 0) is 43.4 Å². The Kier molecular flexibility index (Phi) is 71.8. The van der Waals surface area contributed by atoms with Gasteiger partial charge in [0, 0.05) is 25.7 Å². The molecule has 0 aromatic carbocycles. The highest BCUT2D eigenvalue weighted by molar-refractivity contribution is 7.47. The lowest BCUT2D eigenvalue weighted by Gasteiger charge is -2.21. The Labute approximate surface area is 626 Å². The van der Waals surface area contributed by atoms with Crippen LogP contribution in [-0.4, -0.2) is 96.7 Å². The van der Waals surface area contributed by atoms with Crippen molar-refractivity contribution in [1.82, 2.24) is 0 Å². The van der Waals surface area contributed by atoms with E-state index in [1.807, 2.05) is 0 Å². The number of ether oxygens (including phenoxy) is 4. The summed E-state index contributed by atoms with van der Waals surface area (Å²) in [7, 11) is -9.92. The van der Waals surface area contributed by atoms with Crippen molar-refractivity contribution in [2.24, 2.45) is 17.8 Å². The average Bonchev–Trinajstić information content (AvgIpc) is 0.934. The molecule has 0 amide bonds. The Balaban J connectivity index is 5.24. The number of aliphatic hydroxyl groups is 1. The van der Waals surface area contributed by atoms with Crippen LogP contribution in [0.5, 0.6) is 0 Å². The summed E-state index contributed by atoms with van der Waals surface area (Å²) in [6, 6.07) is 0. The van der Waals surface area contributed by atoms with E-state index in [1.165, 1.54) is 238 Å². The highest BCUT2D eigenvalue weighted by atomic mass is 31.2. The molecule has 0 saturated carbocycles. The lowest BCUT2D eigenvalue weighted by atomic mass is 10.00. The second kappa shape index (κ2) is 73.2. The number of carbonyl (C=O) groups excluding carboxylic acids is 4. The molecule has 0 aliphatic carbocycles. The van der Waals surface area contributed by atoms with Crippen LogP contribution in [-0.2, 0) is 65.4 Å². The Morgan fingerprint density at radius 3 is 0.745 bits per heavy atom. The van der Waals surface area contributed by atoms with Crippen molar-refractivity contribution in [1.29, 1.82) is 0 Å². The summed E-state index contributed by atoms with van der Waals surface area (Å²) < 4.78 is 68.8. The summed E-state index contributed by atoms with van der Waals surface area (Å²) in [5, 5.41) is 10.7. The summed E-state index contributed by atoms with van der Waals surface area (Å²) in [5.41, 5.74) is 0. The van der Waals surface area contributed by atoms with Gasteiger partial charge in [-0.1, -0.05) is 382 Å². The van der Waals surface area contributed by atoms with Gasteiger partial charge in [-0.2, -0.15) is 0 Å². The minimum Gasteiger partial charge on any atom is -0.462 e. The Hall–Kier alpha value is -1.94. The zero-order valence-electron chi connectivity index (χ0n) is 67.1. The monoisotopic (exact) mass is 1490 g/mol. The van der Waals surface area contributed by atoms with E-state index in [0.717, 1.165) is 114 Å². The van der Waals surface area contributed by atoms with Crippen LogP contribution in [0.15, 0.2) is 0 Å². The van der Waals surface area contributed by atoms with Gasteiger partial charge < -0.3 is 33.8 Å². The lowest BCUT2D eigenvalue weighted by Crippen LogP contribution is -2.30. The maximum atomic E-state index is 13.1. The normalized spacial score (nSPS) is 14.2. The minimum absolute atomic E-state index is 0.106. The zero-order valence-corrected chi connectivity index (χ0v) is 68.9. The van der Waals surface area contributed by atoms with Gasteiger partial charge >= 0.3 is 39.5 Å². The van der Waals surface area contributed by atoms with Gasteiger partial charge in [0.1, 0.15) is 19.3 Å². The van der Waals surface area contributed by atoms with Gasteiger partial charge in [-0.3, -0.25) is 37.3 Å². The molecule has 19 heteroatoms. The van der Waals surface area contributed by atoms with Crippen molar-refractivity contribution in [3.63, 3.8) is 0 Å². The third kappa shape index (κ3) is 74.9. The van der Waals surface area contributed by atoms with E-state index in [-0.39, 0.29) is 25.7 Å². The number of rotatable bonds is 81. The summed E-state index contributed by atoms with van der Waals surface area (Å²) >= 11 is 0. The molecule has 17 nitrogen and oxygen atoms in total. The molecular weight excluding hydrogens is 1330 g/mol. The van der Waals surface area contributed by atoms with Crippen LogP contribution in [0.2, 0.25) is 0 Å². The number of unbranched alkanes of at least 4 members (excludes halogenated alkanes) is 48. The molecule has 0 fully saturated rings. The topological polar surface area (TPSA) is 237 Å². The van der Waals surface area contributed by atoms with Gasteiger partial charge in [0.15, 0.2) is 12.2 Å². The Bertz CT molecular complexity index is 1980. The maximum absolute atomic E-state index is 13.1. The van der Waals surface area contributed by atoms with Crippen molar-refractivity contribution in [2.45, 2.75) is 452 Å². The van der Waals surface area contributed by atoms with Crippen molar-refractivity contribution in [3.05, 3.63) is 0 Å². The molecule has 0 aliphatic rings. The van der Waals surface area contributed by atoms with E-state index in [1.54, 1.807) is 0 Å². The van der Waals surface area contributed by atoms with Gasteiger partial charge in [-0.25, -0.2) is 9.13 Å². The fourth-order valence-corrected chi connectivity index (χ4v) is 14.4. The molecule has 0 spiro atoms. The largest absolute Gasteiger partial charge is 0.472 e. The first-order chi connectivity index (χ1) is 49.3. The molecule has 0 aromatic rings. The second-order valence-corrected chi connectivity index (χ2v) is 34.0. The zero-order chi connectivity index (χ0) is 75.1. The summed E-state index contributed by atoms with van der Waals surface area (Å²) in [6.45, 7) is 11.9. The SMILES string of the molecule is CCCCCCCCCCCCCCCCCCCCCC(=O)OC[C@H](COP(=O)(O)OC[C@@H](O)COP(=O)(O)OC[C@@H](COC(=O)CCCCCCCCC(C)CC)OC(=O)CCCCCCCCCCCCCC(C)C)OC(=O)CCCCCCCCCCCCCCCCCCC(C)C. The fourth-order valence-electron chi connectivity index (χ4n) is 12.8. The fraction of sp³-hybridized carbons (Fsp3) is 0.952. The predicted octanol–water partition coefficient (Wildman–Crippen LogP) is 24.9. The molecule has 102 heavy (non-hydrogen) atoms. The van der Waals surface area contributed by atoms with E-state index in [4.69, 9.17) is 37.0 Å². The molecule has 0 bridgehead atoms. The highest BCUT2D eigenvalue weighted by Crippen LogP contribution is 2.45. The molecule has 0 rings (SSSR count). The van der Waals surface area contributed by atoms with Crippen molar-refractivity contribution >= 4 is 39.5 Å². The summed E-state index contributed by atoms with van der Waals surface area (Å²) in [6.07, 6.45) is 62.5. The Morgan fingerprint density at radius 1 is 0.284 bits per heavy atom. The van der Waals surface area contributed by atoms with E-state index in [0.29, 0.717) is 25.7 Å². The maximum Gasteiger partial charge on any atom is 0.472 e. The van der Waals surface area contributed by atoms with Crippen LogP contribution in [0.3, 0.4) is 0 Å². The van der Waals surface area contributed by atoms with Crippen LogP contribution in [0.1, 0.15) is 434 Å². The second-order valence-electron chi connectivity index (χ2n) is 31.1. The molecule has 3 unspecified atom stereocenters. The van der Waals surface area contributed by atoms with Crippen LogP contribution in [0.25, 0.3) is 0 Å². The third-order valence-electron chi connectivity index (χ3n) is 19.7.